The average molecular weight is 380 g/mol. The monoisotopic (exact) mass is 380 g/mol. The SMILES string of the molecule is CC(C)(C(=O)N1CCOc2c(C#N)cncc2C1)[C@H]1C[C@@H](Cn2nccn2)C1. The van der Waals surface area contributed by atoms with Crippen molar-refractivity contribution in [2.45, 2.75) is 39.8 Å². The molecule has 8 nitrogen and oxygen atoms in total. The summed E-state index contributed by atoms with van der Waals surface area (Å²) in [4.78, 5) is 21.0. The number of hydrogen-bond donors (Lipinski definition) is 0. The van der Waals surface area contributed by atoms with Crippen LogP contribution in [0.1, 0.15) is 37.8 Å². The summed E-state index contributed by atoms with van der Waals surface area (Å²) in [6.07, 6.45) is 8.57. The normalized spacial score (nSPS) is 21.7. The molecule has 0 radical (unpaired) electrons. The summed E-state index contributed by atoms with van der Waals surface area (Å²) in [5.41, 5.74) is 0.760. The van der Waals surface area contributed by atoms with Gasteiger partial charge >= 0.3 is 0 Å². The molecule has 2 aliphatic rings. The number of carbonyl (C=O) groups excluding carboxylic acids is 1. The van der Waals surface area contributed by atoms with E-state index >= 15 is 0 Å². The molecule has 0 aromatic carbocycles. The second kappa shape index (κ2) is 7.23. The van der Waals surface area contributed by atoms with Crippen molar-refractivity contribution in [3.63, 3.8) is 0 Å². The molecule has 146 valence electrons. The van der Waals surface area contributed by atoms with E-state index in [-0.39, 0.29) is 5.91 Å². The molecule has 28 heavy (non-hydrogen) atoms. The predicted octanol–water partition coefficient (Wildman–Crippen LogP) is 2.02. The predicted molar refractivity (Wildman–Crippen MR) is 99.9 cm³/mol. The summed E-state index contributed by atoms with van der Waals surface area (Å²) >= 11 is 0. The van der Waals surface area contributed by atoms with E-state index in [9.17, 15) is 10.1 Å². The van der Waals surface area contributed by atoms with E-state index in [1.54, 1.807) is 23.4 Å². The lowest BCUT2D eigenvalue weighted by atomic mass is 9.61. The van der Waals surface area contributed by atoms with Gasteiger partial charge in [0.1, 0.15) is 24.0 Å². The maximum Gasteiger partial charge on any atom is 0.228 e. The van der Waals surface area contributed by atoms with Crippen molar-refractivity contribution < 1.29 is 9.53 Å². The minimum absolute atomic E-state index is 0.131. The molecular weight excluding hydrogens is 356 g/mol. The van der Waals surface area contributed by atoms with Crippen LogP contribution in [0.3, 0.4) is 0 Å². The standard InChI is InChI=1S/C20H24N6O2/c1-20(2,17-7-14(8-17)12-26-23-3-4-24-26)19(27)25-5-6-28-18-15(9-21)10-22-11-16(18)13-25/h3-4,10-11,14,17H,5-8,12-13H2,1-2H3/t14-,17+. The van der Waals surface area contributed by atoms with Gasteiger partial charge in [-0.3, -0.25) is 9.78 Å². The Balaban J connectivity index is 1.42. The fourth-order valence-electron chi connectivity index (χ4n) is 4.20. The molecule has 1 saturated carbocycles. The van der Waals surface area contributed by atoms with Crippen LogP contribution in [-0.2, 0) is 17.9 Å². The molecule has 0 N–H and O–H groups in total. The number of hydrogen-bond acceptors (Lipinski definition) is 6. The van der Waals surface area contributed by atoms with E-state index in [0.717, 1.165) is 24.9 Å². The van der Waals surface area contributed by atoms with Gasteiger partial charge in [0.25, 0.3) is 0 Å². The molecule has 0 spiro atoms. The Morgan fingerprint density at radius 1 is 1.32 bits per heavy atom. The first-order valence-electron chi connectivity index (χ1n) is 9.62. The van der Waals surface area contributed by atoms with Crippen LogP contribution in [0.2, 0.25) is 0 Å². The number of pyridine rings is 1. The third-order valence-corrected chi connectivity index (χ3v) is 6.04. The zero-order valence-corrected chi connectivity index (χ0v) is 16.2. The third-order valence-electron chi connectivity index (χ3n) is 6.04. The van der Waals surface area contributed by atoms with Crippen molar-refractivity contribution in [1.29, 1.82) is 5.26 Å². The van der Waals surface area contributed by atoms with Gasteiger partial charge in [0.15, 0.2) is 0 Å². The van der Waals surface area contributed by atoms with Crippen LogP contribution in [0.15, 0.2) is 24.8 Å². The number of carbonyl (C=O) groups is 1. The maximum absolute atomic E-state index is 13.3. The number of ether oxygens (including phenoxy) is 1. The lowest BCUT2D eigenvalue weighted by molar-refractivity contribution is -0.147. The Morgan fingerprint density at radius 3 is 2.79 bits per heavy atom. The molecule has 3 heterocycles. The van der Waals surface area contributed by atoms with Gasteiger partial charge in [0.05, 0.1) is 32.0 Å². The fraction of sp³-hybridized carbons (Fsp3) is 0.550. The first kappa shape index (κ1) is 18.4. The zero-order valence-electron chi connectivity index (χ0n) is 16.2. The van der Waals surface area contributed by atoms with Crippen molar-refractivity contribution in [2.75, 3.05) is 13.2 Å². The van der Waals surface area contributed by atoms with Crippen molar-refractivity contribution in [3.8, 4) is 11.8 Å². The van der Waals surface area contributed by atoms with Gasteiger partial charge in [-0.15, -0.1) is 0 Å². The molecular formula is C20H24N6O2. The third kappa shape index (κ3) is 3.33. The molecule has 1 aliphatic carbocycles. The highest BCUT2D eigenvalue weighted by Crippen LogP contribution is 2.47. The van der Waals surface area contributed by atoms with E-state index in [2.05, 4.69) is 21.3 Å². The van der Waals surface area contributed by atoms with Crippen molar-refractivity contribution in [3.05, 3.63) is 35.9 Å². The Bertz CT molecular complexity index is 896. The van der Waals surface area contributed by atoms with Gasteiger partial charge < -0.3 is 9.64 Å². The highest BCUT2D eigenvalue weighted by molar-refractivity contribution is 5.82. The smallest absolute Gasteiger partial charge is 0.228 e. The molecule has 4 rings (SSSR count). The second-order valence-corrected chi connectivity index (χ2v) is 8.20. The number of amides is 1. The lowest BCUT2D eigenvalue weighted by Gasteiger charge is -2.45. The summed E-state index contributed by atoms with van der Waals surface area (Å²) in [5, 5.41) is 17.6. The number of fused-ring (bicyclic) bond motifs is 1. The van der Waals surface area contributed by atoms with E-state index in [1.807, 2.05) is 18.7 Å². The van der Waals surface area contributed by atoms with Gasteiger partial charge in [-0.2, -0.15) is 20.3 Å². The van der Waals surface area contributed by atoms with Crippen LogP contribution in [-0.4, -0.2) is 43.9 Å². The average Bonchev–Trinajstić information content (AvgIpc) is 3.07. The highest BCUT2D eigenvalue weighted by atomic mass is 16.5. The molecule has 0 unspecified atom stereocenters. The van der Waals surface area contributed by atoms with Crippen molar-refractivity contribution in [2.24, 2.45) is 17.3 Å². The van der Waals surface area contributed by atoms with Crippen molar-refractivity contribution in [1.82, 2.24) is 24.9 Å². The Labute approximate surface area is 164 Å². The lowest BCUT2D eigenvalue weighted by Crippen LogP contribution is -2.49. The van der Waals surface area contributed by atoms with Gasteiger partial charge in [0, 0.05) is 23.4 Å². The van der Waals surface area contributed by atoms with Crippen LogP contribution >= 0.6 is 0 Å². The molecule has 1 aliphatic heterocycles. The summed E-state index contributed by atoms with van der Waals surface area (Å²) in [6, 6.07) is 2.11. The van der Waals surface area contributed by atoms with Crippen LogP contribution in [0, 0.1) is 28.6 Å². The summed E-state index contributed by atoms with van der Waals surface area (Å²) < 4.78 is 5.77. The van der Waals surface area contributed by atoms with Gasteiger partial charge in [-0.25, -0.2) is 0 Å². The molecule has 1 amide bonds. The van der Waals surface area contributed by atoms with Crippen LogP contribution in [0.4, 0.5) is 0 Å². The zero-order chi connectivity index (χ0) is 19.7. The summed E-state index contributed by atoms with van der Waals surface area (Å²) in [7, 11) is 0. The molecule has 2 aromatic rings. The van der Waals surface area contributed by atoms with Crippen LogP contribution < -0.4 is 4.74 Å². The van der Waals surface area contributed by atoms with Gasteiger partial charge in [-0.1, -0.05) is 13.8 Å². The van der Waals surface area contributed by atoms with E-state index in [0.29, 0.717) is 42.8 Å². The minimum Gasteiger partial charge on any atom is -0.490 e. The first-order chi connectivity index (χ1) is 13.5. The quantitative estimate of drug-likeness (QED) is 0.805. The maximum atomic E-state index is 13.3. The number of nitrogens with zero attached hydrogens (tertiary/aromatic N) is 6. The topological polar surface area (TPSA) is 96.9 Å². The molecule has 0 bridgehead atoms. The Hall–Kier alpha value is -2.95. The number of nitriles is 1. The molecule has 1 fully saturated rings. The molecule has 8 heteroatoms. The Kier molecular flexibility index (Phi) is 4.75. The van der Waals surface area contributed by atoms with Crippen LogP contribution in [0.25, 0.3) is 0 Å². The molecule has 2 aromatic heterocycles. The number of aromatic nitrogens is 4. The largest absolute Gasteiger partial charge is 0.490 e. The molecule has 0 saturated heterocycles. The first-order valence-corrected chi connectivity index (χ1v) is 9.62. The highest BCUT2D eigenvalue weighted by Gasteiger charge is 2.46. The van der Waals surface area contributed by atoms with Crippen LogP contribution in [0.5, 0.6) is 5.75 Å². The van der Waals surface area contributed by atoms with Gasteiger partial charge in [0.2, 0.25) is 5.91 Å². The minimum atomic E-state index is -0.446. The number of rotatable bonds is 4. The summed E-state index contributed by atoms with van der Waals surface area (Å²) in [6.45, 7) is 6.20. The Morgan fingerprint density at radius 2 is 2.07 bits per heavy atom. The van der Waals surface area contributed by atoms with Gasteiger partial charge in [-0.05, 0) is 24.7 Å². The van der Waals surface area contributed by atoms with Crippen molar-refractivity contribution >= 4 is 5.91 Å². The fourth-order valence-corrected chi connectivity index (χ4v) is 4.20. The van der Waals surface area contributed by atoms with E-state index in [4.69, 9.17) is 4.74 Å². The van der Waals surface area contributed by atoms with E-state index < -0.39 is 5.41 Å². The summed E-state index contributed by atoms with van der Waals surface area (Å²) in [5.74, 6) is 1.54. The second-order valence-electron chi connectivity index (χ2n) is 8.20. The molecule has 0 atom stereocenters. The van der Waals surface area contributed by atoms with E-state index in [1.165, 1.54) is 6.20 Å².